The van der Waals surface area contributed by atoms with Gasteiger partial charge < -0.3 is 0 Å². The van der Waals surface area contributed by atoms with Gasteiger partial charge in [0.2, 0.25) is 0 Å². The van der Waals surface area contributed by atoms with Gasteiger partial charge in [-0.2, -0.15) is 0 Å². The molecule has 0 radical (unpaired) electrons. The summed E-state index contributed by atoms with van der Waals surface area (Å²) in [6, 6.07) is 6.61. The molecule has 2 nitrogen and oxygen atoms in total. The van der Waals surface area contributed by atoms with Crippen LogP contribution in [0.5, 0.6) is 0 Å². The van der Waals surface area contributed by atoms with Gasteiger partial charge in [0.15, 0.2) is 0 Å². The topological polar surface area (TPSA) is 25.8 Å². The molecule has 0 saturated heterocycles. The Morgan fingerprint density at radius 3 is 2.47 bits per heavy atom. The van der Waals surface area contributed by atoms with Crippen LogP contribution in [0.15, 0.2) is 18.2 Å². The third-order valence-corrected chi connectivity index (χ3v) is 4.05. The molecule has 0 saturated carbocycles. The van der Waals surface area contributed by atoms with Gasteiger partial charge >= 0.3 is 0 Å². The minimum atomic E-state index is 0.906. The van der Waals surface area contributed by atoms with Crippen LogP contribution in [-0.4, -0.2) is 9.97 Å². The Morgan fingerprint density at radius 1 is 0.947 bits per heavy atom. The maximum atomic E-state index is 4.79. The predicted molar refractivity (Wildman–Crippen MR) is 78.4 cm³/mol. The second-order valence-corrected chi connectivity index (χ2v) is 5.09. The molecule has 0 aliphatic heterocycles. The highest BCUT2D eigenvalue weighted by Crippen LogP contribution is 2.38. The molecule has 2 heteroatoms. The van der Waals surface area contributed by atoms with Gasteiger partial charge in [-0.1, -0.05) is 39.0 Å². The molecule has 1 aromatic carbocycles. The fraction of sp³-hybridized carbons (Fsp3) is 0.412. The molecule has 2 aromatic rings. The first-order valence-electron chi connectivity index (χ1n) is 7.28. The summed E-state index contributed by atoms with van der Waals surface area (Å²) in [6.07, 6.45) is 4.00. The molecular formula is C17H20N2. The summed E-state index contributed by atoms with van der Waals surface area (Å²) < 4.78 is 0. The lowest BCUT2D eigenvalue weighted by Crippen LogP contribution is -2.03. The minimum absolute atomic E-state index is 0.906. The summed E-state index contributed by atoms with van der Waals surface area (Å²) in [4.78, 5) is 9.49. The molecule has 0 amide bonds. The van der Waals surface area contributed by atoms with Crippen molar-refractivity contribution in [2.24, 2.45) is 0 Å². The first kappa shape index (κ1) is 12.3. The maximum Gasteiger partial charge on any atom is 0.129 e. The summed E-state index contributed by atoms with van der Waals surface area (Å²) in [5.41, 5.74) is 8.04. The largest absolute Gasteiger partial charge is 0.238 e. The third kappa shape index (κ3) is 1.86. The van der Waals surface area contributed by atoms with Gasteiger partial charge in [-0.3, -0.25) is 0 Å². The summed E-state index contributed by atoms with van der Waals surface area (Å²) in [5.74, 6) is 0.977. The zero-order chi connectivity index (χ0) is 13.4. The molecule has 19 heavy (non-hydrogen) atoms. The molecule has 1 aliphatic carbocycles. The highest BCUT2D eigenvalue weighted by atomic mass is 14.9. The van der Waals surface area contributed by atoms with Gasteiger partial charge in [0, 0.05) is 29.7 Å². The van der Waals surface area contributed by atoms with Crippen LogP contribution in [0.1, 0.15) is 49.0 Å². The monoisotopic (exact) mass is 252 g/mol. The zero-order valence-corrected chi connectivity index (χ0v) is 12.0. The molecule has 98 valence electrons. The Hall–Kier alpha value is -1.70. The summed E-state index contributed by atoms with van der Waals surface area (Å²) >= 11 is 0. The number of aromatic nitrogens is 2. The van der Waals surface area contributed by atoms with E-state index >= 15 is 0 Å². The SMILES string of the molecule is CCc1nc(CC)c2c(n1)-c1cccc(CC)c1C2. The van der Waals surface area contributed by atoms with Gasteiger partial charge in [0.25, 0.3) is 0 Å². The van der Waals surface area contributed by atoms with Crippen molar-refractivity contribution in [3.8, 4) is 11.3 Å². The number of fused-ring (bicyclic) bond motifs is 3. The van der Waals surface area contributed by atoms with Crippen LogP contribution >= 0.6 is 0 Å². The number of aryl methyl sites for hydroxylation is 3. The van der Waals surface area contributed by atoms with Crippen LogP contribution in [0.25, 0.3) is 11.3 Å². The van der Waals surface area contributed by atoms with Crippen molar-refractivity contribution in [1.29, 1.82) is 0 Å². The number of benzene rings is 1. The van der Waals surface area contributed by atoms with E-state index in [9.17, 15) is 0 Å². The molecule has 0 spiro atoms. The zero-order valence-electron chi connectivity index (χ0n) is 12.0. The van der Waals surface area contributed by atoms with Crippen molar-refractivity contribution in [3.63, 3.8) is 0 Å². The fourth-order valence-corrected chi connectivity index (χ4v) is 3.01. The Morgan fingerprint density at radius 2 is 1.79 bits per heavy atom. The summed E-state index contributed by atoms with van der Waals surface area (Å²) in [7, 11) is 0. The third-order valence-electron chi connectivity index (χ3n) is 4.05. The highest BCUT2D eigenvalue weighted by Gasteiger charge is 2.25. The van der Waals surface area contributed by atoms with Crippen molar-refractivity contribution in [2.45, 2.75) is 46.5 Å². The molecule has 0 fully saturated rings. The lowest BCUT2D eigenvalue weighted by atomic mass is 10.0. The second-order valence-electron chi connectivity index (χ2n) is 5.09. The van der Waals surface area contributed by atoms with E-state index in [4.69, 9.17) is 9.97 Å². The normalized spacial score (nSPS) is 12.4. The van der Waals surface area contributed by atoms with E-state index < -0.39 is 0 Å². The fourth-order valence-electron chi connectivity index (χ4n) is 3.01. The van der Waals surface area contributed by atoms with Crippen LogP contribution in [0.2, 0.25) is 0 Å². The molecule has 0 unspecified atom stereocenters. The van der Waals surface area contributed by atoms with Crippen LogP contribution in [0, 0.1) is 0 Å². The lowest BCUT2D eigenvalue weighted by Gasteiger charge is -2.07. The quantitative estimate of drug-likeness (QED) is 0.709. The lowest BCUT2D eigenvalue weighted by molar-refractivity contribution is 0.874. The number of hydrogen-bond donors (Lipinski definition) is 0. The summed E-state index contributed by atoms with van der Waals surface area (Å²) in [6.45, 7) is 6.54. The van der Waals surface area contributed by atoms with Crippen molar-refractivity contribution in [1.82, 2.24) is 9.97 Å². The Bertz CT molecular complexity index is 629. The van der Waals surface area contributed by atoms with E-state index in [1.165, 1.54) is 33.6 Å². The standard InChI is InChI=1S/C17H20N2/c1-4-11-8-7-9-12-13(11)10-14-15(5-2)18-16(6-3)19-17(12)14/h7-9H,4-6,10H2,1-3H3. The van der Waals surface area contributed by atoms with E-state index in [1.807, 2.05) is 0 Å². The van der Waals surface area contributed by atoms with Gasteiger partial charge in [-0.15, -0.1) is 0 Å². The highest BCUT2D eigenvalue weighted by molar-refractivity contribution is 5.75. The summed E-state index contributed by atoms with van der Waals surface area (Å²) in [5, 5.41) is 0. The Kier molecular flexibility index (Phi) is 3.09. The van der Waals surface area contributed by atoms with E-state index in [1.54, 1.807) is 0 Å². The number of rotatable bonds is 3. The average molecular weight is 252 g/mol. The molecule has 0 bridgehead atoms. The molecule has 0 atom stereocenters. The van der Waals surface area contributed by atoms with E-state index in [0.29, 0.717) is 0 Å². The van der Waals surface area contributed by atoms with E-state index in [-0.39, 0.29) is 0 Å². The average Bonchev–Trinajstić information content (AvgIpc) is 2.84. The smallest absolute Gasteiger partial charge is 0.129 e. The molecular weight excluding hydrogens is 232 g/mol. The van der Waals surface area contributed by atoms with Crippen molar-refractivity contribution >= 4 is 0 Å². The molecule has 1 heterocycles. The maximum absolute atomic E-state index is 4.79. The van der Waals surface area contributed by atoms with Crippen molar-refractivity contribution in [2.75, 3.05) is 0 Å². The van der Waals surface area contributed by atoms with E-state index in [2.05, 4.69) is 39.0 Å². The number of hydrogen-bond acceptors (Lipinski definition) is 2. The van der Waals surface area contributed by atoms with Crippen LogP contribution < -0.4 is 0 Å². The molecule has 3 rings (SSSR count). The molecule has 0 N–H and O–H groups in total. The van der Waals surface area contributed by atoms with Crippen LogP contribution in [0.3, 0.4) is 0 Å². The van der Waals surface area contributed by atoms with Crippen molar-refractivity contribution < 1.29 is 0 Å². The van der Waals surface area contributed by atoms with Crippen molar-refractivity contribution in [3.05, 3.63) is 46.4 Å². The Balaban J connectivity index is 2.24. The van der Waals surface area contributed by atoms with Gasteiger partial charge in [0.05, 0.1) is 5.69 Å². The minimum Gasteiger partial charge on any atom is -0.238 e. The first-order valence-corrected chi connectivity index (χ1v) is 7.28. The van der Waals surface area contributed by atoms with Gasteiger partial charge in [0.1, 0.15) is 5.82 Å². The van der Waals surface area contributed by atoms with E-state index in [0.717, 1.165) is 31.5 Å². The van der Waals surface area contributed by atoms with Crippen LogP contribution in [-0.2, 0) is 25.7 Å². The van der Waals surface area contributed by atoms with Gasteiger partial charge in [-0.05, 0) is 24.0 Å². The molecule has 1 aromatic heterocycles. The van der Waals surface area contributed by atoms with Gasteiger partial charge in [-0.25, -0.2) is 9.97 Å². The Labute approximate surface area is 114 Å². The molecule has 1 aliphatic rings. The van der Waals surface area contributed by atoms with Crippen LogP contribution in [0.4, 0.5) is 0 Å². The first-order chi connectivity index (χ1) is 9.28. The second kappa shape index (κ2) is 4.76. The number of nitrogens with zero attached hydrogens (tertiary/aromatic N) is 2. The predicted octanol–water partition coefficient (Wildman–Crippen LogP) is 3.74.